The number of hydrogen-bond donors (Lipinski definition) is 0. The van der Waals surface area contributed by atoms with Gasteiger partial charge in [0.2, 0.25) is 0 Å². The summed E-state index contributed by atoms with van der Waals surface area (Å²) in [7, 11) is 0. The van der Waals surface area contributed by atoms with Gasteiger partial charge in [0.15, 0.2) is 0 Å². The van der Waals surface area contributed by atoms with Crippen molar-refractivity contribution in [2.24, 2.45) is 0 Å². The zero-order valence-electron chi connectivity index (χ0n) is 10.1. The van der Waals surface area contributed by atoms with E-state index in [-0.39, 0.29) is 0 Å². The maximum atomic E-state index is 5.83. The lowest BCUT2D eigenvalue weighted by molar-refractivity contribution is 1.50. The Morgan fingerprint density at radius 3 is 2.20 bits per heavy atom. The first-order chi connectivity index (χ1) is 7.25. The molecule has 1 aromatic carbocycles. The van der Waals surface area contributed by atoms with Gasteiger partial charge in [0, 0.05) is 14.6 Å². The Hall–Kier alpha value is -0.530. The van der Waals surface area contributed by atoms with Crippen LogP contribution in [0.1, 0.15) is 32.6 Å². The predicted molar refractivity (Wildman–Crippen MR) is 74.3 cm³/mol. The number of aryl methyl sites for hydroxylation is 1. The summed E-state index contributed by atoms with van der Waals surface area (Å²) in [6.07, 6.45) is 0. The molecule has 0 bridgehead atoms. The Kier molecular flexibility index (Phi) is 7.45. The molecule has 0 aliphatic carbocycles. The van der Waals surface area contributed by atoms with E-state index in [1.165, 1.54) is 15.0 Å². The summed E-state index contributed by atoms with van der Waals surface area (Å²) in [4.78, 5) is 1.34. The molecular formula is C13H19ClS. The third kappa shape index (κ3) is 4.23. The summed E-state index contributed by atoms with van der Waals surface area (Å²) < 4.78 is 1.31. The number of thiophene rings is 1. The van der Waals surface area contributed by atoms with Crippen molar-refractivity contribution in [3.8, 4) is 0 Å². The summed E-state index contributed by atoms with van der Waals surface area (Å²) in [5, 5.41) is 2.07. The van der Waals surface area contributed by atoms with Crippen LogP contribution in [-0.2, 0) is 0 Å². The molecule has 0 aliphatic heterocycles. The average molecular weight is 243 g/mol. The van der Waals surface area contributed by atoms with Gasteiger partial charge in [-0.25, -0.2) is 0 Å². The van der Waals surface area contributed by atoms with Gasteiger partial charge in [-0.05, 0) is 36.6 Å². The second kappa shape index (κ2) is 7.72. The minimum atomic E-state index is 0.815. The van der Waals surface area contributed by atoms with Gasteiger partial charge < -0.3 is 0 Å². The predicted octanol–water partition coefficient (Wildman–Crippen LogP) is 5.92. The van der Waals surface area contributed by atoms with E-state index >= 15 is 0 Å². The Morgan fingerprint density at radius 1 is 1.00 bits per heavy atom. The largest absolute Gasteiger partial charge is 0.141 e. The molecule has 0 spiro atoms. The molecule has 15 heavy (non-hydrogen) atoms. The quantitative estimate of drug-likeness (QED) is 0.538. The van der Waals surface area contributed by atoms with Crippen molar-refractivity contribution in [3.63, 3.8) is 0 Å². The molecule has 0 radical (unpaired) electrons. The fourth-order valence-corrected chi connectivity index (χ4v) is 2.23. The molecular weight excluding hydrogens is 224 g/mol. The summed E-state index contributed by atoms with van der Waals surface area (Å²) in [6.45, 7) is 10.1. The van der Waals surface area contributed by atoms with E-state index in [0.29, 0.717) is 0 Å². The second-order valence-electron chi connectivity index (χ2n) is 2.54. The number of fused-ring (bicyclic) bond motifs is 1. The van der Waals surface area contributed by atoms with Crippen LogP contribution in [-0.4, -0.2) is 0 Å². The molecule has 0 saturated carbocycles. The second-order valence-corrected chi connectivity index (χ2v) is 4.26. The number of halogens is 1. The molecule has 0 atom stereocenters. The third-order valence-corrected chi connectivity index (χ3v) is 2.87. The molecule has 1 heterocycles. The van der Waals surface area contributed by atoms with E-state index in [4.69, 9.17) is 11.6 Å². The number of hydrogen-bond acceptors (Lipinski definition) is 1. The van der Waals surface area contributed by atoms with E-state index in [1.807, 2.05) is 39.8 Å². The Balaban J connectivity index is 0.000000442. The SMILES string of the molecule is CC.CC.Cc1cc2cc(Cl)ccc2s1. The van der Waals surface area contributed by atoms with Crippen LogP contribution in [0.3, 0.4) is 0 Å². The monoisotopic (exact) mass is 242 g/mol. The molecule has 2 heteroatoms. The number of benzene rings is 1. The van der Waals surface area contributed by atoms with Gasteiger partial charge >= 0.3 is 0 Å². The summed E-state index contributed by atoms with van der Waals surface area (Å²) >= 11 is 7.63. The van der Waals surface area contributed by atoms with Crippen molar-refractivity contribution in [1.82, 2.24) is 0 Å². The fourth-order valence-electron chi connectivity index (χ4n) is 1.15. The van der Waals surface area contributed by atoms with Gasteiger partial charge in [-0.3, -0.25) is 0 Å². The molecule has 0 N–H and O–H groups in total. The molecule has 0 fully saturated rings. The van der Waals surface area contributed by atoms with Gasteiger partial charge in [-0.15, -0.1) is 11.3 Å². The lowest BCUT2D eigenvalue weighted by Gasteiger charge is -1.88. The van der Waals surface area contributed by atoms with Crippen LogP contribution >= 0.6 is 22.9 Å². The molecule has 0 nitrogen and oxygen atoms in total. The fraction of sp³-hybridized carbons (Fsp3) is 0.385. The lowest BCUT2D eigenvalue weighted by atomic mass is 10.2. The van der Waals surface area contributed by atoms with Gasteiger partial charge in [-0.2, -0.15) is 0 Å². The van der Waals surface area contributed by atoms with Crippen molar-refractivity contribution in [2.45, 2.75) is 34.6 Å². The lowest BCUT2D eigenvalue weighted by Crippen LogP contribution is -1.61. The third-order valence-electron chi connectivity index (χ3n) is 1.60. The van der Waals surface area contributed by atoms with Gasteiger partial charge in [0.1, 0.15) is 0 Å². The van der Waals surface area contributed by atoms with E-state index in [2.05, 4.69) is 19.1 Å². The molecule has 1 aromatic heterocycles. The van der Waals surface area contributed by atoms with Crippen LogP contribution in [0.4, 0.5) is 0 Å². The normalized spacial score (nSPS) is 8.67. The van der Waals surface area contributed by atoms with Crippen LogP contribution in [0.2, 0.25) is 5.02 Å². The van der Waals surface area contributed by atoms with E-state index in [1.54, 1.807) is 11.3 Å². The van der Waals surface area contributed by atoms with Crippen molar-refractivity contribution in [1.29, 1.82) is 0 Å². The van der Waals surface area contributed by atoms with E-state index in [9.17, 15) is 0 Å². The van der Waals surface area contributed by atoms with Crippen LogP contribution in [0, 0.1) is 6.92 Å². The van der Waals surface area contributed by atoms with Crippen LogP contribution in [0.25, 0.3) is 10.1 Å². The highest BCUT2D eigenvalue weighted by Gasteiger charge is 1.97. The van der Waals surface area contributed by atoms with E-state index in [0.717, 1.165) is 5.02 Å². The van der Waals surface area contributed by atoms with Gasteiger partial charge in [0.25, 0.3) is 0 Å². The minimum Gasteiger partial charge on any atom is -0.141 e. The van der Waals surface area contributed by atoms with Crippen LogP contribution < -0.4 is 0 Å². The van der Waals surface area contributed by atoms with Crippen molar-refractivity contribution in [3.05, 3.63) is 34.2 Å². The standard InChI is InChI=1S/C9H7ClS.2C2H6/c1-6-4-7-5-8(10)2-3-9(7)11-6;2*1-2/h2-5H,1H3;2*1-2H3. The Morgan fingerprint density at radius 2 is 1.60 bits per heavy atom. The Bertz CT molecular complexity index is 390. The first-order valence-corrected chi connectivity index (χ1v) is 6.61. The topological polar surface area (TPSA) is 0 Å². The van der Waals surface area contributed by atoms with Gasteiger partial charge in [-0.1, -0.05) is 39.3 Å². The highest BCUT2D eigenvalue weighted by molar-refractivity contribution is 7.19. The maximum absolute atomic E-state index is 5.83. The van der Waals surface area contributed by atoms with E-state index < -0.39 is 0 Å². The van der Waals surface area contributed by atoms with Crippen LogP contribution in [0.15, 0.2) is 24.3 Å². The van der Waals surface area contributed by atoms with Crippen molar-refractivity contribution < 1.29 is 0 Å². The molecule has 0 unspecified atom stereocenters. The number of rotatable bonds is 0. The van der Waals surface area contributed by atoms with Crippen molar-refractivity contribution >= 4 is 33.0 Å². The zero-order valence-corrected chi connectivity index (χ0v) is 11.7. The smallest absolute Gasteiger partial charge is 0.0412 e. The van der Waals surface area contributed by atoms with Gasteiger partial charge in [0.05, 0.1) is 0 Å². The molecule has 2 aromatic rings. The minimum absolute atomic E-state index is 0.815. The maximum Gasteiger partial charge on any atom is 0.0412 e. The summed E-state index contributed by atoms with van der Waals surface area (Å²) in [6, 6.07) is 8.15. The highest BCUT2D eigenvalue weighted by Crippen LogP contribution is 2.27. The Labute approximate surface area is 102 Å². The molecule has 0 aliphatic rings. The molecule has 84 valence electrons. The average Bonchev–Trinajstić information content (AvgIpc) is 2.63. The summed E-state index contributed by atoms with van der Waals surface area (Å²) in [5.74, 6) is 0. The molecule has 2 rings (SSSR count). The molecule has 0 saturated heterocycles. The van der Waals surface area contributed by atoms with Crippen molar-refractivity contribution in [2.75, 3.05) is 0 Å². The highest BCUT2D eigenvalue weighted by atomic mass is 35.5. The first kappa shape index (κ1) is 14.5. The molecule has 0 amide bonds. The first-order valence-electron chi connectivity index (χ1n) is 5.41. The van der Waals surface area contributed by atoms with Crippen LogP contribution in [0.5, 0.6) is 0 Å². The summed E-state index contributed by atoms with van der Waals surface area (Å²) in [5.41, 5.74) is 0. The zero-order chi connectivity index (χ0) is 11.8.